The number of likely N-dealkylation sites (N-methyl/N-ethyl adjacent to an activating group) is 1. The monoisotopic (exact) mass is 186 g/mol. The Morgan fingerprint density at radius 3 is 2.92 bits per heavy atom. The minimum absolute atomic E-state index is 0.257. The Balaban J connectivity index is 2.25. The van der Waals surface area contributed by atoms with Crippen LogP contribution in [0.1, 0.15) is 19.3 Å². The van der Waals surface area contributed by atoms with Crippen molar-refractivity contribution in [3.8, 4) is 0 Å². The molecule has 1 fully saturated rings. The van der Waals surface area contributed by atoms with Crippen LogP contribution in [0.5, 0.6) is 0 Å². The Hall–Kier alpha value is -0.770. The zero-order chi connectivity index (χ0) is 9.68. The van der Waals surface area contributed by atoms with E-state index in [0.29, 0.717) is 6.04 Å². The second-order valence-corrected chi connectivity index (χ2v) is 3.50. The minimum Gasteiger partial charge on any atom is -0.453 e. The first-order chi connectivity index (χ1) is 6.24. The molecule has 0 aliphatic carbocycles. The number of piperidine rings is 1. The van der Waals surface area contributed by atoms with E-state index >= 15 is 0 Å². The second-order valence-electron chi connectivity index (χ2n) is 3.50. The van der Waals surface area contributed by atoms with Crippen molar-refractivity contribution >= 4 is 6.09 Å². The van der Waals surface area contributed by atoms with Crippen LogP contribution in [0.3, 0.4) is 0 Å². The van der Waals surface area contributed by atoms with Crippen molar-refractivity contribution in [3.05, 3.63) is 0 Å². The van der Waals surface area contributed by atoms with Gasteiger partial charge in [-0.15, -0.1) is 0 Å². The molecule has 1 aliphatic rings. The van der Waals surface area contributed by atoms with E-state index in [2.05, 4.69) is 10.1 Å². The number of methoxy groups -OCH3 is 1. The molecular weight excluding hydrogens is 168 g/mol. The Morgan fingerprint density at radius 2 is 2.38 bits per heavy atom. The Kier molecular flexibility index (Phi) is 4.02. The molecule has 0 aromatic carbocycles. The number of nitrogens with zero attached hydrogens (tertiary/aromatic N) is 1. The van der Waals surface area contributed by atoms with E-state index in [4.69, 9.17) is 0 Å². The van der Waals surface area contributed by atoms with Crippen LogP contribution in [0.4, 0.5) is 4.79 Å². The van der Waals surface area contributed by atoms with Gasteiger partial charge in [0.15, 0.2) is 0 Å². The largest absolute Gasteiger partial charge is 0.453 e. The summed E-state index contributed by atoms with van der Waals surface area (Å²) >= 11 is 0. The van der Waals surface area contributed by atoms with Gasteiger partial charge in [0.2, 0.25) is 0 Å². The van der Waals surface area contributed by atoms with Crippen molar-refractivity contribution in [2.75, 3.05) is 27.2 Å². The molecule has 76 valence electrons. The number of nitrogens with one attached hydrogen (secondary N) is 1. The van der Waals surface area contributed by atoms with E-state index in [1.54, 1.807) is 11.9 Å². The lowest BCUT2D eigenvalue weighted by Crippen LogP contribution is -2.44. The van der Waals surface area contributed by atoms with Gasteiger partial charge in [0.25, 0.3) is 0 Å². The highest BCUT2D eigenvalue weighted by molar-refractivity contribution is 5.66. The molecule has 0 aromatic heterocycles. The van der Waals surface area contributed by atoms with Gasteiger partial charge in [-0.25, -0.2) is 4.79 Å². The number of ether oxygens (including phenoxy) is 1. The van der Waals surface area contributed by atoms with Gasteiger partial charge < -0.3 is 15.0 Å². The van der Waals surface area contributed by atoms with Gasteiger partial charge in [-0.1, -0.05) is 6.42 Å². The summed E-state index contributed by atoms with van der Waals surface area (Å²) in [6, 6.07) is 0.442. The van der Waals surface area contributed by atoms with E-state index in [1.165, 1.54) is 20.0 Å². The molecule has 1 N–H and O–H groups in total. The predicted octanol–water partition coefficient (Wildman–Crippen LogP) is 0.827. The summed E-state index contributed by atoms with van der Waals surface area (Å²) in [5, 5.41) is 3.38. The second kappa shape index (κ2) is 5.07. The third kappa shape index (κ3) is 3.22. The first-order valence-electron chi connectivity index (χ1n) is 4.76. The van der Waals surface area contributed by atoms with Crippen LogP contribution in [0.15, 0.2) is 0 Å². The fourth-order valence-corrected chi connectivity index (χ4v) is 1.64. The van der Waals surface area contributed by atoms with E-state index in [0.717, 1.165) is 19.5 Å². The molecule has 4 nitrogen and oxygen atoms in total. The summed E-state index contributed by atoms with van der Waals surface area (Å²) in [5.74, 6) is 0. The van der Waals surface area contributed by atoms with Crippen molar-refractivity contribution in [3.63, 3.8) is 0 Å². The van der Waals surface area contributed by atoms with Crippen molar-refractivity contribution in [2.24, 2.45) is 0 Å². The summed E-state index contributed by atoms with van der Waals surface area (Å²) in [6.45, 7) is 1.81. The number of hydrogen-bond donors (Lipinski definition) is 1. The molecule has 0 spiro atoms. The quantitative estimate of drug-likeness (QED) is 0.694. The minimum atomic E-state index is -0.257. The van der Waals surface area contributed by atoms with E-state index in [9.17, 15) is 4.79 Å². The number of rotatable bonds is 2. The molecule has 0 radical (unpaired) electrons. The van der Waals surface area contributed by atoms with E-state index in [-0.39, 0.29) is 6.09 Å². The molecule has 1 saturated heterocycles. The first-order valence-corrected chi connectivity index (χ1v) is 4.76. The summed E-state index contributed by atoms with van der Waals surface area (Å²) in [5.41, 5.74) is 0. The lowest BCUT2D eigenvalue weighted by molar-refractivity contribution is 0.127. The molecule has 13 heavy (non-hydrogen) atoms. The fourth-order valence-electron chi connectivity index (χ4n) is 1.64. The van der Waals surface area contributed by atoms with Gasteiger partial charge in [0.1, 0.15) is 0 Å². The zero-order valence-electron chi connectivity index (χ0n) is 8.38. The molecule has 0 bridgehead atoms. The van der Waals surface area contributed by atoms with Crippen LogP contribution in [0, 0.1) is 0 Å². The standard InChI is InChI=1S/C9H18N2O2/c1-11(9(12)13-2)7-8-5-3-4-6-10-8/h8,10H,3-7H2,1-2H3. The van der Waals surface area contributed by atoms with Gasteiger partial charge in [0.05, 0.1) is 7.11 Å². The maximum absolute atomic E-state index is 11.1. The first kappa shape index (κ1) is 10.3. The van der Waals surface area contributed by atoms with Gasteiger partial charge >= 0.3 is 6.09 Å². The lowest BCUT2D eigenvalue weighted by atomic mass is 10.1. The van der Waals surface area contributed by atoms with Gasteiger partial charge in [-0.3, -0.25) is 0 Å². The molecule has 0 aromatic rings. The van der Waals surface area contributed by atoms with Gasteiger partial charge in [-0.05, 0) is 19.4 Å². The SMILES string of the molecule is COC(=O)N(C)CC1CCCCN1. The van der Waals surface area contributed by atoms with Crippen LogP contribution in [-0.2, 0) is 4.74 Å². The van der Waals surface area contributed by atoms with Crippen molar-refractivity contribution < 1.29 is 9.53 Å². The summed E-state index contributed by atoms with van der Waals surface area (Å²) < 4.78 is 4.61. The molecule has 4 heteroatoms. The van der Waals surface area contributed by atoms with Crippen molar-refractivity contribution in [2.45, 2.75) is 25.3 Å². The smallest absolute Gasteiger partial charge is 0.409 e. The van der Waals surface area contributed by atoms with Crippen LogP contribution in [0.25, 0.3) is 0 Å². The topological polar surface area (TPSA) is 41.6 Å². The maximum atomic E-state index is 11.1. The average molecular weight is 186 g/mol. The number of hydrogen-bond acceptors (Lipinski definition) is 3. The van der Waals surface area contributed by atoms with Crippen LogP contribution >= 0.6 is 0 Å². The van der Waals surface area contributed by atoms with Crippen molar-refractivity contribution in [1.82, 2.24) is 10.2 Å². The molecule has 0 saturated carbocycles. The molecule has 1 heterocycles. The van der Waals surface area contributed by atoms with E-state index < -0.39 is 0 Å². The number of amides is 1. The molecule has 1 atom stereocenters. The summed E-state index contributed by atoms with van der Waals surface area (Å²) in [6.07, 6.45) is 3.40. The molecule has 1 aliphatic heterocycles. The fraction of sp³-hybridized carbons (Fsp3) is 0.889. The van der Waals surface area contributed by atoms with Gasteiger partial charge in [-0.2, -0.15) is 0 Å². The highest BCUT2D eigenvalue weighted by Gasteiger charge is 2.17. The predicted molar refractivity (Wildman–Crippen MR) is 50.7 cm³/mol. The molecule has 1 amide bonds. The Labute approximate surface area is 79.2 Å². The third-order valence-electron chi connectivity index (χ3n) is 2.39. The molecular formula is C9H18N2O2. The molecule has 1 rings (SSSR count). The number of carbonyl (C=O) groups excluding carboxylic acids is 1. The third-order valence-corrected chi connectivity index (χ3v) is 2.39. The highest BCUT2D eigenvalue weighted by Crippen LogP contribution is 2.07. The Morgan fingerprint density at radius 1 is 1.62 bits per heavy atom. The van der Waals surface area contributed by atoms with Crippen LogP contribution in [-0.4, -0.2) is 44.3 Å². The summed E-state index contributed by atoms with van der Waals surface area (Å²) in [7, 11) is 3.18. The van der Waals surface area contributed by atoms with E-state index in [1.807, 2.05) is 0 Å². The van der Waals surface area contributed by atoms with Crippen LogP contribution < -0.4 is 5.32 Å². The van der Waals surface area contributed by atoms with Crippen molar-refractivity contribution in [1.29, 1.82) is 0 Å². The van der Waals surface area contributed by atoms with Crippen LogP contribution in [0.2, 0.25) is 0 Å². The maximum Gasteiger partial charge on any atom is 0.409 e. The normalized spacial score (nSPS) is 22.5. The summed E-state index contributed by atoms with van der Waals surface area (Å²) in [4.78, 5) is 12.7. The highest BCUT2D eigenvalue weighted by atomic mass is 16.5. The number of carbonyl (C=O) groups is 1. The average Bonchev–Trinajstić information content (AvgIpc) is 2.18. The lowest BCUT2D eigenvalue weighted by Gasteiger charge is -2.27. The zero-order valence-corrected chi connectivity index (χ0v) is 8.38. The Bertz CT molecular complexity index is 167. The molecule has 1 unspecified atom stereocenters. The van der Waals surface area contributed by atoms with Gasteiger partial charge in [0, 0.05) is 19.6 Å².